The molecule has 0 amide bonds. The quantitative estimate of drug-likeness (QED) is 0.856. The van der Waals surface area contributed by atoms with E-state index in [1.165, 1.54) is 19.5 Å². The molecule has 1 aromatic carbocycles. The lowest BCUT2D eigenvalue weighted by atomic mass is 10.2. The molecule has 6 nitrogen and oxygen atoms in total. The molecule has 110 valence electrons. The fourth-order valence-electron chi connectivity index (χ4n) is 1.71. The van der Waals surface area contributed by atoms with Gasteiger partial charge in [0.2, 0.25) is 0 Å². The maximum atomic E-state index is 11.3. The van der Waals surface area contributed by atoms with Gasteiger partial charge in [0.05, 0.1) is 26.6 Å². The number of halogens is 1. The number of rotatable bonds is 5. The smallest absolute Gasteiger partial charge is 0.358 e. The lowest BCUT2D eigenvalue weighted by molar-refractivity contribution is 0.0593. The van der Waals surface area contributed by atoms with E-state index in [4.69, 9.17) is 16.3 Å². The molecule has 0 saturated heterocycles. The van der Waals surface area contributed by atoms with E-state index in [0.29, 0.717) is 23.1 Å². The molecule has 1 aromatic heterocycles. The van der Waals surface area contributed by atoms with Crippen molar-refractivity contribution in [2.45, 2.75) is 6.54 Å². The first-order valence-corrected chi connectivity index (χ1v) is 6.49. The molecule has 21 heavy (non-hydrogen) atoms. The maximum absolute atomic E-state index is 11.3. The average Bonchev–Trinajstić information content (AvgIpc) is 2.53. The van der Waals surface area contributed by atoms with Crippen LogP contribution in [0.2, 0.25) is 5.02 Å². The highest BCUT2D eigenvalue weighted by Crippen LogP contribution is 2.26. The molecule has 0 saturated carbocycles. The third-order valence-electron chi connectivity index (χ3n) is 2.79. The molecule has 2 aromatic rings. The van der Waals surface area contributed by atoms with Crippen LogP contribution < -0.4 is 10.1 Å². The molecular formula is C14H14ClN3O3. The fraction of sp³-hybridized carbons (Fsp3) is 0.214. The highest BCUT2D eigenvalue weighted by molar-refractivity contribution is 6.31. The number of aromatic nitrogens is 2. The van der Waals surface area contributed by atoms with Crippen molar-refractivity contribution in [3.63, 3.8) is 0 Å². The van der Waals surface area contributed by atoms with Gasteiger partial charge in [-0.25, -0.2) is 14.8 Å². The fourth-order valence-corrected chi connectivity index (χ4v) is 1.94. The number of esters is 1. The Labute approximate surface area is 127 Å². The summed E-state index contributed by atoms with van der Waals surface area (Å²) in [6.07, 6.45) is 2.80. The summed E-state index contributed by atoms with van der Waals surface area (Å²) in [5.41, 5.74) is 0.971. The SMILES string of the molecule is COC(=O)c1cnc(NCc2c(Cl)cccc2OC)cn1. The lowest BCUT2D eigenvalue weighted by Gasteiger charge is -2.11. The molecule has 0 unspecified atom stereocenters. The lowest BCUT2D eigenvalue weighted by Crippen LogP contribution is -2.08. The highest BCUT2D eigenvalue weighted by Gasteiger charge is 2.09. The second kappa shape index (κ2) is 6.90. The number of anilines is 1. The van der Waals surface area contributed by atoms with E-state index in [1.54, 1.807) is 13.2 Å². The summed E-state index contributed by atoms with van der Waals surface area (Å²) in [5, 5.41) is 3.67. The third-order valence-corrected chi connectivity index (χ3v) is 3.14. The van der Waals surface area contributed by atoms with E-state index in [1.807, 2.05) is 12.1 Å². The second-order valence-electron chi connectivity index (χ2n) is 4.05. The highest BCUT2D eigenvalue weighted by atomic mass is 35.5. The van der Waals surface area contributed by atoms with Gasteiger partial charge in [0.15, 0.2) is 5.69 Å². The van der Waals surface area contributed by atoms with Gasteiger partial charge in [-0.15, -0.1) is 0 Å². The van der Waals surface area contributed by atoms with E-state index < -0.39 is 5.97 Å². The van der Waals surface area contributed by atoms with Crippen molar-refractivity contribution in [3.05, 3.63) is 46.9 Å². The predicted octanol–water partition coefficient (Wildman–Crippen LogP) is 2.54. The topological polar surface area (TPSA) is 73.3 Å². The van der Waals surface area contributed by atoms with Gasteiger partial charge in [0, 0.05) is 17.1 Å². The Morgan fingerprint density at radius 1 is 1.29 bits per heavy atom. The molecule has 1 N–H and O–H groups in total. The average molecular weight is 308 g/mol. The van der Waals surface area contributed by atoms with Crippen molar-refractivity contribution >= 4 is 23.4 Å². The number of carbonyl (C=O) groups excluding carboxylic acids is 1. The van der Waals surface area contributed by atoms with Gasteiger partial charge < -0.3 is 14.8 Å². The number of benzene rings is 1. The molecule has 0 aliphatic heterocycles. The monoisotopic (exact) mass is 307 g/mol. The summed E-state index contributed by atoms with van der Waals surface area (Å²) in [5.74, 6) is 0.681. The summed E-state index contributed by atoms with van der Waals surface area (Å²) >= 11 is 6.14. The van der Waals surface area contributed by atoms with Gasteiger partial charge in [-0.2, -0.15) is 0 Å². The van der Waals surface area contributed by atoms with Crippen LogP contribution in [0.1, 0.15) is 16.1 Å². The zero-order valence-electron chi connectivity index (χ0n) is 11.6. The van der Waals surface area contributed by atoms with Gasteiger partial charge in [-0.05, 0) is 12.1 Å². The minimum atomic E-state index is -0.526. The van der Waals surface area contributed by atoms with Crippen molar-refractivity contribution in [3.8, 4) is 5.75 Å². The van der Waals surface area contributed by atoms with Gasteiger partial charge in [0.25, 0.3) is 0 Å². The number of nitrogens with one attached hydrogen (secondary N) is 1. The van der Waals surface area contributed by atoms with Crippen molar-refractivity contribution < 1.29 is 14.3 Å². The summed E-state index contributed by atoms with van der Waals surface area (Å²) in [7, 11) is 2.87. The summed E-state index contributed by atoms with van der Waals surface area (Å²) in [4.78, 5) is 19.3. The zero-order valence-corrected chi connectivity index (χ0v) is 12.3. The van der Waals surface area contributed by atoms with Crippen molar-refractivity contribution in [1.82, 2.24) is 9.97 Å². The van der Waals surface area contributed by atoms with Crippen LogP contribution in [-0.2, 0) is 11.3 Å². The molecule has 0 aliphatic rings. The largest absolute Gasteiger partial charge is 0.496 e. The van der Waals surface area contributed by atoms with Gasteiger partial charge >= 0.3 is 5.97 Å². The first kappa shape index (κ1) is 15.1. The zero-order chi connectivity index (χ0) is 15.2. The molecule has 0 spiro atoms. The molecule has 1 heterocycles. The minimum absolute atomic E-state index is 0.151. The Bertz CT molecular complexity index is 632. The molecule has 0 atom stereocenters. The predicted molar refractivity (Wildman–Crippen MR) is 78.7 cm³/mol. The normalized spacial score (nSPS) is 10.0. The van der Waals surface area contributed by atoms with Crippen LogP contribution in [0.15, 0.2) is 30.6 Å². The van der Waals surface area contributed by atoms with Gasteiger partial charge in [0.1, 0.15) is 11.6 Å². The van der Waals surface area contributed by atoms with E-state index in [9.17, 15) is 4.79 Å². The summed E-state index contributed by atoms with van der Waals surface area (Å²) < 4.78 is 9.81. The van der Waals surface area contributed by atoms with Crippen molar-refractivity contribution in [1.29, 1.82) is 0 Å². The van der Waals surface area contributed by atoms with Crippen LogP contribution in [0.25, 0.3) is 0 Å². The van der Waals surface area contributed by atoms with Crippen LogP contribution >= 0.6 is 11.6 Å². The molecule has 0 aliphatic carbocycles. The first-order valence-electron chi connectivity index (χ1n) is 6.11. The Balaban J connectivity index is 2.08. The second-order valence-corrected chi connectivity index (χ2v) is 4.46. The summed E-state index contributed by atoms with van der Waals surface area (Å²) in [6.45, 7) is 0.426. The number of hydrogen-bond acceptors (Lipinski definition) is 6. The number of nitrogens with zero attached hydrogens (tertiary/aromatic N) is 2. The van der Waals surface area contributed by atoms with E-state index in [0.717, 1.165) is 5.56 Å². The van der Waals surface area contributed by atoms with Crippen LogP contribution in [0.5, 0.6) is 5.75 Å². The van der Waals surface area contributed by atoms with Crippen molar-refractivity contribution in [2.75, 3.05) is 19.5 Å². The van der Waals surface area contributed by atoms with E-state index >= 15 is 0 Å². The standard InChI is InChI=1S/C14H14ClN3O3/c1-20-12-5-3-4-10(15)9(12)6-17-13-8-16-11(7-18-13)14(19)21-2/h3-5,7-8H,6H2,1-2H3,(H,17,18). The number of carbonyl (C=O) groups is 1. The molecule has 0 bridgehead atoms. The molecular weight excluding hydrogens is 294 g/mol. The Hall–Kier alpha value is -2.34. The molecule has 0 radical (unpaired) electrons. The Morgan fingerprint density at radius 3 is 2.71 bits per heavy atom. The number of methoxy groups -OCH3 is 2. The Morgan fingerprint density at radius 2 is 2.10 bits per heavy atom. The van der Waals surface area contributed by atoms with E-state index in [2.05, 4.69) is 20.0 Å². The van der Waals surface area contributed by atoms with E-state index in [-0.39, 0.29) is 5.69 Å². The first-order chi connectivity index (χ1) is 10.2. The van der Waals surface area contributed by atoms with Crippen molar-refractivity contribution in [2.24, 2.45) is 0 Å². The van der Waals surface area contributed by atoms with Gasteiger partial charge in [-0.3, -0.25) is 0 Å². The maximum Gasteiger partial charge on any atom is 0.358 e. The number of hydrogen-bond donors (Lipinski definition) is 1. The minimum Gasteiger partial charge on any atom is -0.496 e. The van der Waals surface area contributed by atoms with Crippen LogP contribution in [0.4, 0.5) is 5.82 Å². The Kier molecular flexibility index (Phi) is 4.94. The molecule has 7 heteroatoms. The third kappa shape index (κ3) is 3.61. The van der Waals surface area contributed by atoms with Crippen LogP contribution in [0, 0.1) is 0 Å². The van der Waals surface area contributed by atoms with Gasteiger partial charge in [-0.1, -0.05) is 17.7 Å². The van der Waals surface area contributed by atoms with Crippen LogP contribution in [0.3, 0.4) is 0 Å². The number of ether oxygens (including phenoxy) is 2. The molecule has 2 rings (SSSR count). The van der Waals surface area contributed by atoms with Crippen LogP contribution in [-0.4, -0.2) is 30.2 Å². The molecule has 0 fully saturated rings. The summed E-state index contributed by atoms with van der Waals surface area (Å²) in [6, 6.07) is 5.43.